The molecule has 6 aliphatic rings. The van der Waals surface area contributed by atoms with Crippen molar-refractivity contribution in [3.05, 3.63) is 48.6 Å². The van der Waals surface area contributed by atoms with Gasteiger partial charge in [0.2, 0.25) is 11.8 Å². The molecule has 0 heterocycles. The van der Waals surface area contributed by atoms with Gasteiger partial charge >= 0.3 is 0 Å². The molecule has 8 unspecified atom stereocenters. The molecule has 0 spiro atoms. The Kier molecular flexibility index (Phi) is 7.36. The molecule has 4 fully saturated rings. The van der Waals surface area contributed by atoms with Crippen LogP contribution in [-0.4, -0.2) is 38.1 Å². The fourth-order valence-corrected chi connectivity index (χ4v) is 8.78. The molecule has 4 saturated carbocycles. The Morgan fingerprint density at radius 3 is 1.55 bits per heavy atom. The van der Waals surface area contributed by atoms with Crippen LogP contribution in [-0.2, 0) is 9.59 Å². The highest BCUT2D eigenvalue weighted by Gasteiger charge is 2.66. The number of carbonyl (C=O) groups excluding carboxylic acids is 2. The monoisotopic (exact) mass is 544 g/mol. The summed E-state index contributed by atoms with van der Waals surface area (Å²) in [7, 11) is 0. The SMILES string of the molecule is O=C(NCCCCCCOc1cccc(OCCCCNC(=O)C2C3C4C=CC(C4)C23)c1)C1C2C3C=CC(C3)C12. The predicted octanol–water partition coefficient (Wildman–Crippen LogP) is 5.15. The molecule has 0 radical (unpaired) electrons. The van der Waals surface area contributed by atoms with Gasteiger partial charge in [-0.2, -0.15) is 0 Å². The molecule has 40 heavy (non-hydrogen) atoms. The molecule has 8 atom stereocenters. The number of nitrogens with one attached hydrogen (secondary N) is 2. The van der Waals surface area contributed by atoms with E-state index in [-0.39, 0.29) is 11.8 Å². The number of hydrogen-bond donors (Lipinski definition) is 2. The summed E-state index contributed by atoms with van der Waals surface area (Å²) in [6, 6.07) is 7.87. The van der Waals surface area contributed by atoms with E-state index in [2.05, 4.69) is 34.9 Å². The van der Waals surface area contributed by atoms with Gasteiger partial charge in [-0.3, -0.25) is 9.59 Å². The average molecular weight is 545 g/mol. The first kappa shape index (κ1) is 26.2. The molecule has 6 aliphatic carbocycles. The van der Waals surface area contributed by atoms with Gasteiger partial charge in [0.15, 0.2) is 0 Å². The number of ether oxygens (including phenoxy) is 2. The van der Waals surface area contributed by atoms with Gasteiger partial charge in [-0.25, -0.2) is 0 Å². The van der Waals surface area contributed by atoms with E-state index in [1.54, 1.807) is 0 Å². The Labute approximate surface area is 238 Å². The van der Waals surface area contributed by atoms with Crippen LogP contribution in [0.15, 0.2) is 48.6 Å². The first-order chi connectivity index (χ1) is 19.7. The first-order valence-electron chi connectivity index (χ1n) is 16.0. The van der Waals surface area contributed by atoms with Gasteiger partial charge in [0.05, 0.1) is 13.2 Å². The second kappa shape index (κ2) is 11.3. The standard InChI is InChI=1S/C34H44N2O4/c37-33(31-27-21-10-11-22(18-21)28(27)31)35-14-3-1-2-5-16-39-25-8-7-9-26(20-25)40-17-6-4-15-36-34(38)32-29-23-12-13-24(19-23)30(29)32/h7-13,20-24,27-32H,1-6,14-19H2,(H,35,37)(H,36,38). The normalized spacial score (nSPS) is 36.3. The van der Waals surface area contributed by atoms with Crippen LogP contribution in [0.5, 0.6) is 11.5 Å². The number of fused-ring (bicyclic) bond motifs is 10. The summed E-state index contributed by atoms with van der Waals surface area (Å²) in [5.74, 6) is 8.06. The topological polar surface area (TPSA) is 76.7 Å². The lowest BCUT2D eigenvalue weighted by Gasteiger charge is -2.11. The largest absolute Gasteiger partial charge is 0.493 e. The van der Waals surface area contributed by atoms with E-state index >= 15 is 0 Å². The maximum atomic E-state index is 12.5. The van der Waals surface area contributed by atoms with E-state index < -0.39 is 0 Å². The summed E-state index contributed by atoms with van der Waals surface area (Å²) in [5.41, 5.74) is 0. The van der Waals surface area contributed by atoms with Crippen molar-refractivity contribution < 1.29 is 19.1 Å². The van der Waals surface area contributed by atoms with Gasteiger partial charge < -0.3 is 20.1 Å². The van der Waals surface area contributed by atoms with E-state index in [0.717, 1.165) is 63.1 Å². The number of allylic oxidation sites excluding steroid dienone is 4. The van der Waals surface area contributed by atoms with Crippen LogP contribution in [0.25, 0.3) is 0 Å². The number of amides is 2. The third kappa shape index (κ3) is 5.19. The van der Waals surface area contributed by atoms with Gasteiger partial charge in [-0.05, 0) is 98.0 Å². The van der Waals surface area contributed by atoms with Crippen molar-refractivity contribution in [2.24, 2.45) is 59.2 Å². The quantitative estimate of drug-likeness (QED) is 0.223. The van der Waals surface area contributed by atoms with E-state index in [9.17, 15) is 9.59 Å². The number of benzene rings is 1. The van der Waals surface area contributed by atoms with Crippen LogP contribution in [0.2, 0.25) is 0 Å². The van der Waals surface area contributed by atoms with E-state index in [1.807, 2.05) is 24.3 Å². The summed E-state index contributed by atoms with van der Waals surface area (Å²) in [6.07, 6.45) is 18.0. The zero-order valence-corrected chi connectivity index (χ0v) is 23.5. The predicted molar refractivity (Wildman–Crippen MR) is 154 cm³/mol. The third-order valence-electron chi connectivity index (χ3n) is 10.7. The highest BCUT2D eigenvalue weighted by Crippen LogP contribution is 2.67. The van der Waals surface area contributed by atoms with Crippen LogP contribution >= 0.6 is 0 Å². The Bertz CT molecular complexity index is 1130. The zero-order chi connectivity index (χ0) is 27.1. The van der Waals surface area contributed by atoms with Crippen LogP contribution < -0.4 is 20.1 Å². The minimum absolute atomic E-state index is 0.269. The lowest BCUT2D eigenvalue weighted by atomic mass is 10.0. The first-order valence-corrected chi connectivity index (χ1v) is 16.0. The number of unbranched alkanes of at least 4 members (excludes halogenated alkanes) is 4. The summed E-state index contributed by atoms with van der Waals surface area (Å²) in [6.45, 7) is 2.86. The second-order valence-corrected chi connectivity index (χ2v) is 13.1. The summed E-state index contributed by atoms with van der Waals surface area (Å²) < 4.78 is 11.9. The van der Waals surface area contributed by atoms with Crippen molar-refractivity contribution in [2.45, 2.75) is 51.4 Å². The molecule has 0 aromatic heterocycles. The fourth-order valence-electron chi connectivity index (χ4n) is 8.78. The molecular formula is C34H44N2O4. The van der Waals surface area contributed by atoms with Crippen LogP contribution in [0.1, 0.15) is 51.4 Å². The highest BCUT2D eigenvalue weighted by molar-refractivity contribution is 5.83. The lowest BCUT2D eigenvalue weighted by Crippen LogP contribution is -2.28. The Balaban J connectivity index is 0.692. The molecule has 2 N–H and O–H groups in total. The second-order valence-electron chi connectivity index (χ2n) is 13.1. The van der Waals surface area contributed by atoms with E-state index in [0.29, 0.717) is 72.4 Å². The number of hydrogen-bond acceptors (Lipinski definition) is 4. The van der Waals surface area contributed by atoms with Gasteiger partial charge in [-0.1, -0.05) is 43.2 Å². The Morgan fingerprint density at radius 2 is 1.05 bits per heavy atom. The van der Waals surface area contributed by atoms with Crippen molar-refractivity contribution >= 4 is 11.8 Å². The highest BCUT2D eigenvalue weighted by atomic mass is 16.5. The number of rotatable bonds is 16. The average Bonchev–Trinajstić information content (AvgIpc) is 3.62. The Morgan fingerprint density at radius 1 is 0.625 bits per heavy atom. The molecular weight excluding hydrogens is 500 g/mol. The Hall–Kier alpha value is -2.76. The summed E-state index contributed by atoms with van der Waals surface area (Å²) in [5, 5.41) is 6.34. The molecule has 6 nitrogen and oxygen atoms in total. The lowest BCUT2D eigenvalue weighted by molar-refractivity contribution is -0.124. The minimum Gasteiger partial charge on any atom is -0.493 e. The van der Waals surface area contributed by atoms with Crippen molar-refractivity contribution in [3.8, 4) is 11.5 Å². The molecule has 0 aliphatic heterocycles. The molecule has 7 rings (SSSR count). The molecule has 6 heteroatoms. The maximum absolute atomic E-state index is 12.5. The molecule has 0 saturated heterocycles. The van der Waals surface area contributed by atoms with Gasteiger partial charge in [-0.15, -0.1) is 0 Å². The third-order valence-corrected chi connectivity index (χ3v) is 10.7. The van der Waals surface area contributed by atoms with Crippen molar-refractivity contribution in [2.75, 3.05) is 26.3 Å². The molecule has 1 aromatic carbocycles. The van der Waals surface area contributed by atoms with Crippen LogP contribution in [0.3, 0.4) is 0 Å². The number of carbonyl (C=O) groups is 2. The zero-order valence-electron chi connectivity index (χ0n) is 23.5. The van der Waals surface area contributed by atoms with Crippen molar-refractivity contribution in [3.63, 3.8) is 0 Å². The van der Waals surface area contributed by atoms with Crippen molar-refractivity contribution in [1.82, 2.24) is 10.6 Å². The van der Waals surface area contributed by atoms with Crippen LogP contribution in [0.4, 0.5) is 0 Å². The van der Waals surface area contributed by atoms with Gasteiger partial charge in [0.25, 0.3) is 0 Å². The maximum Gasteiger partial charge on any atom is 0.223 e. The minimum atomic E-state index is 0.269. The van der Waals surface area contributed by atoms with E-state index in [4.69, 9.17) is 9.47 Å². The fraction of sp³-hybridized carbons (Fsp3) is 0.647. The summed E-state index contributed by atoms with van der Waals surface area (Å²) >= 11 is 0. The molecule has 1 aromatic rings. The molecule has 4 bridgehead atoms. The van der Waals surface area contributed by atoms with Crippen molar-refractivity contribution in [1.29, 1.82) is 0 Å². The summed E-state index contributed by atoms with van der Waals surface area (Å²) in [4.78, 5) is 25.0. The van der Waals surface area contributed by atoms with Gasteiger partial charge in [0.1, 0.15) is 11.5 Å². The van der Waals surface area contributed by atoms with Crippen LogP contribution in [0, 0.1) is 59.2 Å². The van der Waals surface area contributed by atoms with E-state index in [1.165, 1.54) is 12.8 Å². The molecule has 214 valence electrons. The smallest absolute Gasteiger partial charge is 0.223 e. The van der Waals surface area contributed by atoms with Gasteiger partial charge in [0, 0.05) is 31.0 Å². The molecule has 2 amide bonds.